The van der Waals surface area contributed by atoms with Crippen molar-refractivity contribution >= 4 is 11.0 Å². The van der Waals surface area contributed by atoms with Gasteiger partial charge in [0, 0.05) is 33.2 Å². The van der Waals surface area contributed by atoms with Crippen LogP contribution in [0.4, 0.5) is 0 Å². The van der Waals surface area contributed by atoms with Gasteiger partial charge in [-0.3, -0.25) is 0 Å². The maximum absolute atomic E-state index is 6.72. The summed E-state index contributed by atoms with van der Waals surface area (Å²) in [7, 11) is 0. The summed E-state index contributed by atoms with van der Waals surface area (Å²) >= 11 is 0. The van der Waals surface area contributed by atoms with Gasteiger partial charge in [0.15, 0.2) is 17.5 Å². The van der Waals surface area contributed by atoms with Crippen molar-refractivity contribution in [1.29, 1.82) is 0 Å². The summed E-state index contributed by atoms with van der Waals surface area (Å²) in [5, 5.41) is 1.15. The van der Waals surface area contributed by atoms with Gasteiger partial charge in [0.2, 0.25) is 0 Å². The molecule has 10 aromatic rings. The molecule has 1 atom stereocenters. The van der Waals surface area contributed by atoms with Crippen LogP contribution in [-0.2, 0) is 5.41 Å². The number of aromatic nitrogens is 3. The molecule has 4 nitrogen and oxygen atoms in total. The van der Waals surface area contributed by atoms with Crippen LogP contribution in [0, 0.1) is 0 Å². The first kappa shape index (κ1) is 32.5. The number of benzene rings is 8. The van der Waals surface area contributed by atoms with Crippen LogP contribution in [0.2, 0.25) is 0 Å². The van der Waals surface area contributed by atoms with E-state index in [0.717, 1.165) is 55.7 Å². The fourth-order valence-corrected chi connectivity index (χ4v) is 9.50. The van der Waals surface area contributed by atoms with Gasteiger partial charge >= 0.3 is 0 Å². The third-order valence-electron chi connectivity index (χ3n) is 12.0. The van der Waals surface area contributed by atoms with Crippen molar-refractivity contribution in [3.05, 3.63) is 222 Å². The Balaban J connectivity index is 1.04. The van der Waals surface area contributed by atoms with E-state index in [1.165, 1.54) is 38.9 Å². The van der Waals surface area contributed by atoms with Gasteiger partial charge in [-0.2, -0.15) is 0 Å². The van der Waals surface area contributed by atoms with Crippen molar-refractivity contribution < 1.29 is 4.42 Å². The summed E-state index contributed by atoms with van der Waals surface area (Å²) < 4.78 is 6.72. The van der Waals surface area contributed by atoms with Gasteiger partial charge in [0.1, 0.15) is 11.3 Å². The Labute approximate surface area is 335 Å². The molecule has 2 aromatic heterocycles. The zero-order chi connectivity index (χ0) is 38.2. The van der Waals surface area contributed by atoms with Crippen molar-refractivity contribution in [2.45, 2.75) is 5.41 Å². The molecule has 8 aromatic carbocycles. The second-order valence-corrected chi connectivity index (χ2v) is 15.1. The Kier molecular flexibility index (Phi) is 7.11. The maximum Gasteiger partial charge on any atom is 0.164 e. The summed E-state index contributed by atoms with van der Waals surface area (Å²) in [6, 6.07) is 70.7. The third-order valence-corrected chi connectivity index (χ3v) is 12.0. The van der Waals surface area contributed by atoms with Crippen LogP contribution in [0.15, 0.2) is 205 Å². The molecule has 4 heteroatoms. The monoisotopic (exact) mass is 739 g/mol. The van der Waals surface area contributed by atoms with Crippen molar-refractivity contribution in [2.24, 2.45) is 0 Å². The molecular weight excluding hydrogens is 707 g/mol. The molecule has 2 aliphatic rings. The largest absolute Gasteiger partial charge is 0.456 e. The van der Waals surface area contributed by atoms with Gasteiger partial charge in [0.05, 0.1) is 5.41 Å². The topological polar surface area (TPSA) is 51.8 Å². The van der Waals surface area contributed by atoms with Crippen molar-refractivity contribution in [2.75, 3.05) is 0 Å². The highest BCUT2D eigenvalue weighted by atomic mass is 16.3. The van der Waals surface area contributed by atoms with E-state index in [1.54, 1.807) is 0 Å². The van der Waals surface area contributed by atoms with E-state index >= 15 is 0 Å². The Morgan fingerprint density at radius 2 is 0.828 bits per heavy atom. The number of hydrogen-bond donors (Lipinski definition) is 0. The van der Waals surface area contributed by atoms with Gasteiger partial charge in [-0.05, 0) is 62.2 Å². The molecule has 0 saturated heterocycles. The normalized spacial score (nSPS) is 14.6. The van der Waals surface area contributed by atoms with Crippen molar-refractivity contribution in [3.63, 3.8) is 0 Å². The molecule has 0 amide bonds. The first-order valence-electron chi connectivity index (χ1n) is 19.7. The van der Waals surface area contributed by atoms with E-state index < -0.39 is 5.41 Å². The highest BCUT2D eigenvalue weighted by molar-refractivity contribution is 6.04. The molecule has 0 aliphatic heterocycles. The molecular formula is C54H33N3O. The zero-order valence-electron chi connectivity index (χ0n) is 31.3. The summed E-state index contributed by atoms with van der Waals surface area (Å²) in [5.41, 5.74) is 16.4. The van der Waals surface area contributed by atoms with E-state index in [-0.39, 0.29) is 0 Å². The van der Waals surface area contributed by atoms with Gasteiger partial charge in [0.25, 0.3) is 0 Å². The third kappa shape index (κ3) is 4.72. The number of fused-ring (bicyclic) bond motifs is 12. The fraction of sp³-hybridized carbons (Fsp3) is 0.0185. The second kappa shape index (κ2) is 12.7. The lowest BCUT2D eigenvalue weighted by Crippen LogP contribution is -2.25. The van der Waals surface area contributed by atoms with Crippen LogP contribution in [-0.4, -0.2) is 15.0 Å². The lowest BCUT2D eigenvalue weighted by Gasteiger charge is -2.30. The second-order valence-electron chi connectivity index (χ2n) is 15.1. The maximum atomic E-state index is 6.72. The number of furan rings is 1. The molecule has 1 unspecified atom stereocenters. The predicted molar refractivity (Wildman–Crippen MR) is 233 cm³/mol. The smallest absolute Gasteiger partial charge is 0.164 e. The minimum absolute atomic E-state index is 0.526. The zero-order valence-corrected chi connectivity index (χ0v) is 31.3. The van der Waals surface area contributed by atoms with Crippen molar-refractivity contribution in [3.8, 4) is 78.9 Å². The van der Waals surface area contributed by atoms with E-state index in [9.17, 15) is 0 Å². The molecule has 12 rings (SSSR count). The average Bonchev–Trinajstić information content (AvgIpc) is 3.93. The van der Waals surface area contributed by atoms with E-state index in [4.69, 9.17) is 19.4 Å². The minimum atomic E-state index is -0.526. The SMILES string of the molecule is c1ccc(-c2ccc(-c3nc(-c4ccccc4)nc(-c4cccc(-c5cccc6c5-c5ccccc5C65c6ccccc6-c6oc7ccccc7c65)c4)n3)cc2)cc1. The van der Waals surface area contributed by atoms with Crippen LogP contribution >= 0.6 is 0 Å². The molecule has 2 heterocycles. The van der Waals surface area contributed by atoms with Gasteiger partial charge < -0.3 is 4.42 Å². The van der Waals surface area contributed by atoms with Gasteiger partial charge in [-0.15, -0.1) is 0 Å². The first-order chi connectivity index (χ1) is 28.8. The number of para-hydroxylation sites is 1. The highest BCUT2D eigenvalue weighted by Crippen LogP contribution is 2.65. The Morgan fingerprint density at radius 3 is 1.59 bits per heavy atom. The molecule has 270 valence electrons. The van der Waals surface area contributed by atoms with E-state index in [0.29, 0.717) is 17.5 Å². The summed E-state index contributed by atoms with van der Waals surface area (Å²) in [4.78, 5) is 15.3. The Morgan fingerprint density at radius 1 is 0.345 bits per heavy atom. The molecule has 0 N–H and O–H groups in total. The van der Waals surface area contributed by atoms with E-state index in [1.807, 2.05) is 36.4 Å². The lowest BCUT2D eigenvalue weighted by molar-refractivity contribution is 0.628. The number of hydrogen-bond acceptors (Lipinski definition) is 4. The van der Waals surface area contributed by atoms with Gasteiger partial charge in [-0.25, -0.2) is 15.0 Å². The lowest BCUT2D eigenvalue weighted by atomic mass is 9.70. The molecule has 0 fully saturated rings. The summed E-state index contributed by atoms with van der Waals surface area (Å²) in [6.45, 7) is 0. The standard InChI is InChI=1S/C54H33N3O/c1-3-15-34(16-4-1)35-29-31-37(32-30-35)52-55-51(36-17-5-2-6-18-36)56-53(57-52)39-20-13-19-38(33-39)40-24-14-27-46-48(40)41-21-7-10-25-44(41)54(46)45-26-11-8-22-42(45)50-49(54)43-23-9-12-28-47(43)58-50/h1-33H. The highest BCUT2D eigenvalue weighted by Gasteiger charge is 2.54. The number of nitrogens with zero attached hydrogens (tertiary/aromatic N) is 3. The van der Waals surface area contributed by atoms with Crippen molar-refractivity contribution in [1.82, 2.24) is 15.0 Å². The molecule has 2 aliphatic carbocycles. The molecule has 1 spiro atoms. The van der Waals surface area contributed by atoms with Gasteiger partial charge in [-0.1, -0.05) is 188 Å². The van der Waals surface area contributed by atoms with Crippen LogP contribution in [0.3, 0.4) is 0 Å². The summed E-state index contributed by atoms with van der Waals surface area (Å²) in [5.74, 6) is 2.86. The predicted octanol–water partition coefficient (Wildman–Crippen LogP) is 13.3. The molecule has 58 heavy (non-hydrogen) atoms. The molecule has 0 saturated carbocycles. The quantitative estimate of drug-likeness (QED) is 0.176. The Hall–Kier alpha value is -7.69. The van der Waals surface area contributed by atoms with E-state index in [2.05, 4.69) is 164 Å². The number of rotatable bonds is 5. The first-order valence-corrected chi connectivity index (χ1v) is 19.7. The minimum Gasteiger partial charge on any atom is -0.456 e. The van der Waals surface area contributed by atoms with Crippen LogP contribution in [0.5, 0.6) is 0 Å². The molecule has 0 radical (unpaired) electrons. The summed E-state index contributed by atoms with van der Waals surface area (Å²) in [6.07, 6.45) is 0. The average molecular weight is 740 g/mol. The fourth-order valence-electron chi connectivity index (χ4n) is 9.50. The van der Waals surface area contributed by atoms with Crippen LogP contribution in [0.25, 0.3) is 89.8 Å². The van der Waals surface area contributed by atoms with Crippen LogP contribution in [0.1, 0.15) is 22.3 Å². The van der Waals surface area contributed by atoms with Crippen LogP contribution < -0.4 is 0 Å². The molecule has 0 bridgehead atoms. The Bertz CT molecular complexity index is 3220.